The average Bonchev–Trinajstić information content (AvgIpc) is 2.71. The second kappa shape index (κ2) is 3.48. The topological polar surface area (TPSA) is 84.1 Å². The number of aryl methyl sites for hydroxylation is 1. The molecule has 15 heavy (non-hydrogen) atoms. The first-order chi connectivity index (χ1) is 7.09. The van der Waals surface area contributed by atoms with Crippen LogP contribution in [0.5, 0.6) is 0 Å². The molecule has 2 unspecified atom stereocenters. The molecule has 0 bridgehead atoms. The van der Waals surface area contributed by atoms with E-state index in [0.29, 0.717) is 19.0 Å². The second-order valence-corrected chi connectivity index (χ2v) is 3.93. The zero-order valence-corrected chi connectivity index (χ0v) is 8.66. The van der Waals surface area contributed by atoms with Gasteiger partial charge in [0.25, 0.3) is 0 Å². The van der Waals surface area contributed by atoms with Crippen molar-refractivity contribution in [2.75, 3.05) is 18.0 Å². The second-order valence-electron chi connectivity index (χ2n) is 3.93. The molecule has 7 heteroatoms. The Kier molecular flexibility index (Phi) is 2.29. The molecule has 0 saturated carbocycles. The fourth-order valence-electron chi connectivity index (χ4n) is 1.94. The van der Waals surface area contributed by atoms with Gasteiger partial charge in [-0.25, -0.2) is 4.68 Å². The van der Waals surface area contributed by atoms with E-state index in [4.69, 9.17) is 5.11 Å². The molecular weight excluding hydrogens is 198 g/mol. The van der Waals surface area contributed by atoms with Crippen LogP contribution in [0.4, 0.5) is 5.95 Å². The minimum absolute atomic E-state index is 0.124. The molecule has 2 atom stereocenters. The Morgan fingerprint density at radius 2 is 2.27 bits per heavy atom. The number of hydrogen-bond acceptors (Lipinski definition) is 5. The first kappa shape index (κ1) is 9.88. The Hall–Kier alpha value is -1.66. The van der Waals surface area contributed by atoms with Crippen molar-refractivity contribution in [2.45, 2.75) is 6.92 Å². The van der Waals surface area contributed by atoms with Crippen LogP contribution in [0.25, 0.3) is 0 Å². The fourth-order valence-corrected chi connectivity index (χ4v) is 1.94. The molecule has 82 valence electrons. The van der Waals surface area contributed by atoms with E-state index < -0.39 is 5.97 Å². The average molecular weight is 211 g/mol. The van der Waals surface area contributed by atoms with Gasteiger partial charge in [-0.2, -0.15) is 0 Å². The number of aromatic nitrogens is 4. The zero-order valence-electron chi connectivity index (χ0n) is 8.66. The van der Waals surface area contributed by atoms with Gasteiger partial charge in [0.2, 0.25) is 5.95 Å². The number of carboxylic acids is 1. The van der Waals surface area contributed by atoms with Gasteiger partial charge in [-0.1, -0.05) is 12.0 Å². The normalized spacial score (nSPS) is 25.9. The molecule has 1 aromatic rings. The van der Waals surface area contributed by atoms with Crippen LogP contribution in [-0.2, 0) is 11.8 Å². The van der Waals surface area contributed by atoms with Crippen molar-refractivity contribution in [1.29, 1.82) is 0 Å². The van der Waals surface area contributed by atoms with Gasteiger partial charge in [0.15, 0.2) is 0 Å². The molecule has 7 nitrogen and oxygen atoms in total. The van der Waals surface area contributed by atoms with Gasteiger partial charge in [-0.05, 0) is 16.3 Å². The number of rotatable bonds is 2. The Balaban J connectivity index is 2.16. The molecule has 0 radical (unpaired) electrons. The van der Waals surface area contributed by atoms with Gasteiger partial charge in [0, 0.05) is 20.1 Å². The lowest BCUT2D eigenvalue weighted by atomic mass is 9.99. The number of hydrogen-bond donors (Lipinski definition) is 1. The van der Waals surface area contributed by atoms with Crippen LogP contribution in [0.15, 0.2) is 0 Å². The molecule has 0 amide bonds. The summed E-state index contributed by atoms with van der Waals surface area (Å²) in [6.07, 6.45) is 0. The molecule has 0 aromatic carbocycles. The van der Waals surface area contributed by atoms with Crippen molar-refractivity contribution in [3.63, 3.8) is 0 Å². The summed E-state index contributed by atoms with van der Waals surface area (Å²) in [6.45, 7) is 3.10. The lowest BCUT2D eigenvalue weighted by molar-refractivity contribution is -0.142. The van der Waals surface area contributed by atoms with Crippen LogP contribution in [0, 0.1) is 11.8 Å². The van der Waals surface area contributed by atoms with Gasteiger partial charge in [-0.3, -0.25) is 4.79 Å². The lowest BCUT2D eigenvalue weighted by Crippen LogP contribution is -2.25. The molecular formula is C8H13N5O2. The van der Waals surface area contributed by atoms with Gasteiger partial charge in [0.1, 0.15) is 0 Å². The number of nitrogens with zero attached hydrogens (tertiary/aromatic N) is 5. The third-order valence-corrected chi connectivity index (χ3v) is 2.81. The summed E-state index contributed by atoms with van der Waals surface area (Å²) >= 11 is 0. The zero-order chi connectivity index (χ0) is 11.0. The molecule has 0 aliphatic carbocycles. The fraction of sp³-hybridized carbons (Fsp3) is 0.750. The van der Waals surface area contributed by atoms with Crippen molar-refractivity contribution >= 4 is 11.9 Å². The highest BCUT2D eigenvalue weighted by Crippen LogP contribution is 2.26. The maximum absolute atomic E-state index is 10.9. The number of tetrazole rings is 1. The van der Waals surface area contributed by atoms with E-state index in [1.807, 2.05) is 11.8 Å². The highest BCUT2D eigenvalue weighted by atomic mass is 16.4. The van der Waals surface area contributed by atoms with Crippen LogP contribution in [-0.4, -0.2) is 44.4 Å². The van der Waals surface area contributed by atoms with Crippen molar-refractivity contribution in [3.05, 3.63) is 0 Å². The molecule has 2 heterocycles. The lowest BCUT2D eigenvalue weighted by Gasteiger charge is -2.14. The number of anilines is 1. The van der Waals surface area contributed by atoms with E-state index in [9.17, 15) is 4.79 Å². The SMILES string of the molecule is CC1CN(c2nnnn2C)CC1C(=O)O. The number of carbonyl (C=O) groups is 1. The highest BCUT2D eigenvalue weighted by Gasteiger charge is 2.36. The Morgan fingerprint density at radius 3 is 2.73 bits per heavy atom. The summed E-state index contributed by atoms with van der Waals surface area (Å²) in [4.78, 5) is 12.8. The minimum Gasteiger partial charge on any atom is -0.481 e. The maximum atomic E-state index is 10.9. The number of aliphatic carboxylic acids is 1. The summed E-state index contributed by atoms with van der Waals surface area (Å²) in [6, 6.07) is 0. The molecule has 0 spiro atoms. The van der Waals surface area contributed by atoms with Gasteiger partial charge in [0.05, 0.1) is 5.92 Å². The summed E-state index contributed by atoms with van der Waals surface area (Å²) in [7, 11) is 1.74. The van der Waals surface area contributed by atoms with Crippen molar-refractivity contribution < 1.29 is 9.90 Å². The first-order valence-corrected chi connectivity index (χ1v) is 4.79. The van der Waals surface area contributed by atoms with E-state index >= 15 is 0 Å². The molecule has 1 aliphatic heterocycles. The van der Waals surface area contributed by atoms with Crippen LogP contribution in [0.2, 0.25) is 0 Å². The molecule has 2 rings (SSSR count). The maximum Gasteiger partial charge on any atom is 0.308 e. The molecule has 1 fully saturated rings. The first-order valence-electron chi connectivity index (χ1n) is 4.79. The largest absolute Gasteiger partial charge is 0.481 e. The van der Waals surface area contributed by atoms with Crippen molar-refractivity contribution in [3.8, 4) is 0 Å². The number of carboxylic acid groups (broad SMARTS) is 1. The van der Waals surface area contributed by atoms with Crippen LogP contribution in [0.1, 0.15) is 6.92 Å². The van der Waals surface area contributed by atoms with Gasteiger partial charge < -0.3 is 10.0 Å². The van der Waals surface area contributed by atoms with E-state index in [0.717, 1.165) is 0 Å². The molecule has 1 N–H and O–H groups in total. The van der Waals surface area contributed by atoms with E-state index in [-0.39, 0.29) is 11.8 Å². The Bertz CT molecular complexity index is 377. The van der Waals surface area contributed by atoms with Crippen molar-refractivity contribution in [2.24, 2.45) is 18.9 Å². The van der Waals surface area contributed by atoms with Gasteiger partial charge in [-0.15, -0.1) is 0 Å². The molecule has 1 saturated heterocycles. The minimum atomic E-state index is -0.750. The third kappa shape index (κ3) is 1.64. The third-order valence-electron chi connectivity index (χ3n) is 2.81. The quantitative estimate of drug-likeness (QED) is 0.701. The van der Waals surface area contributed by atoms with Crippen LogP contribution >= 0.6 is 0 Å². The van der Waals surface area contributed by atoms with E-state index in [2.05, 4.69) is 15.5 Å². The van der Waals surface area contributed by atoms with Gasteiger partial charge >= 0.3 is 5.97 Å². The summed E-state index contributed by atoms with van der Waals surface area (Å²) in [5, 5.41) is 20.1. The predicted molar refractivity (Wildman–Crippen MR) is 51.3 cm³/mol. The molecule has 1 aliphatic rings. The molecule has 1 aromatic heterocycles. The summed E-state index contributed by atoms with van der Waals surface area (Å²) in [5.74, 6) is -0.327. The van der Waals surface area contributed by atoms with Crippen LogP contribution < -0.4 is 4.90 Å². The smallest absolute Gasteiger partial charge is 0.308 e. The summed E-state index contributed by atoms with van der Waals surface area (Å²) in [5.41, 5.74) is 0. The van der Waals surface area contributed by atoms with E-state index in [1.165, 1.54) is 0 Å². The highest BCUT2D eigenvalue weighted by molar-refractivity contribution is 5.72. The standard InChI is InChI=1S/C8H13N5O2/c1-5-3-13(4-6(5)7(14)15)8-9-10-11-12(8)2/h5-6H,3-4H2,1-2H3,(H,14,15). The predicted octanol–water partition coefficient (Wildman–Crippen LogP) is -0.633. The Morgan fingerprint density at radius 1 is 1.53 bits per heavy atom. The Labute approximate surface area is 86.7 Å². The summed E-state index contributed by atoms with van der Waals surface area (Å²) < 4.78 is 1.55. The monoisotopic (exact) mass is 211 g/mol. The van der Waals surface area contributed by atoms with E-state index in [1.54, 1.807) is 11.7 Å². The van der Waals surface area contributed by atoms with Crippen LogP contribution in [0.3, 0.4) is 0 Å². The van der Waals surface area contributed by atoms with Crippen molar-refractivity contribution in [1.82, 2.24) is 20.2 Å².